The molecule has 0 heterocycles. The Kier molecular flexibility index (Phi) is 9.68. The van der Waals surface area contributed by atoms with Crippen LogP contribution in [-0.2, 0) is 14.5 Å². The maximum Gasteiger partial charge on any atom is 0.456 e. The van der Waals surface area contributed by atoms with E-state index in [1.54, 1.807) is 0 Å². The van der Waals surface area contributed by atoms with Crippen LogP contribution in [0.1, 0.15) is 40.0 Å². The SMILES string of the molecule is CCC(CC)(CC)NF.O=C(O)C(=O)OF. The van der Waals surface area contributed by atoms with Gasteiger partial charge in [-0.05, 0) is 19.3 Å². The van der Waals surface area contributed by atoms with E-state index in [0.29, 0.717) is 0 Å². The summed E-state index contributed by atoms with van der Waals surface area (Å²) in [4.78, 5) is 20.8. The van der Waals surface area contributed by atoms with Crippen LogP contribution >= 0.6 is 0 Å². The lowest BCUT2D eigenvalue weighted by Gasteiger charge is -2.26. The number of carboxylic acid groups (broad SMARTS) is 1. The quantitative estimate of drug-likeness (QED) is 0.581. The smallest absolute Gasteiger partial charge is 0.456 e. The normalized spacial score (nSPS) is 10.1. The first-order valence-electron chi connectivity index (χ1n) is 4.86. The van der Waals surface area contributed by atoms with E-state index in [0.717, 1.165) is 19.3 Å². The van der Waals surface area contributed by atoms with Crippen LogP contribution in [0.4, 0.5) is 9.01 Å². The van der Waals surface area contributed by atoms with Crippen molar-refractivity contribution < 1.29 is 28.6 Å². The Bertz CT molecular complexity index is 202. The molecule has 0 atom stereocenters. The molecule has 0 aromatic rings. The van der Waals surface area contributed by atoms with Crippen LogP contribution in [-0.4, -0.2) is 22.6 Å². The van der Waals surface area contributed by atoms with Crippen molar-refractivity contribution in [3.05, 3.63) is 0 Å². The molecule has 0 unspecified atom stereocenters. The van der Waals surface area contributed by atoms with Gasteiger partial charge in [0.15, 0.2) is 0 Å². The maximum absolute atomic E-state index is 12.1. The average Bonchev–Trinajstić information content (AvgIpc) is 2.32. The van der Waals surface area contributed by atoms with E-state index in [9.17, 15) is 18.6 Å². The van der Waals surface area contributed by atoms with Crippen LogP contribution in [0, 0.1) is 0 Å². The zero-order valence-corrected chi connectivity index (χ0v) is 9.55. The zero-order valence-electron chi connectivity index (χ0n) is 9.55. The van der Waals surface area contributed by atoms with Crippen LogP contribution in [0.15, 0.2) is 0 Å². The lowest BCUT2D eigenvalue weighted by molar-refractivity contribution is -0.192. The first-order valence-corrected chi connectivity index (χ1v) is 4.86. The molecule has 0 amide bonds. The van der Waals surface area contributed by atoms with E-state index in [-0.39, 0.29) is 5.54 Å². The number of hydrogen-bond donors (Lipinski definition) is 2. The molecular weight excluding hydrogens is 224 g/mol. The highest BCUT2D eigenvalue weighted by Crippen LogP contribution is 2.18. The topological polar surface area (TPSA) is 75.6 Å². The molecule has 16 heavy (non-hydrogen) atoms. The second-order valence-electron chi connectivity index (χ2n) is 3.11. The first-order chi connectivity index (χ1) is 7.42. The summed E-state index contributed by atoms with van der Waals surface area (Å²) in [7, 11) is 0. The fraction of sp³-hybridized carbons (Fsp3) is 0.778. The third-order valence-electron chi connectivity index (χ3n) is 2.48. The van der Waals surface area contributed by atoms with E-state index >= 15 is 0 Å². The Morgan fingerprint density at radius 3 is 1.62 bits per heavy atom. The fourth-order valence-corrected chi connectivity index (χ4v) is 0.983. The molecule has 0 radical (unpaired) electrons. The highest BCUT2D eigenvalue weighted by molar-refractivity contribution is 6.28. The van der Waals surface area contributed by atoms with Gasteiger partial charge in [-0.2, -0.15) is 5.54 Å². The second-order valence-corrected chi connectivity index (χ2v) is 3.11. The molecule has 0 bridgehead atoms. The molecule has 0 aromatic carbocycles. The molecule has 5 nitrogen and oxygen atoms in total. The van der Waals surface area contributed by atoms with Gasteiger partial charge in [-0.3, -0.25) is 0 Å². The largest absolute Gasteiger partial charge is 0.473 e. The summed E-state index contributed by atoms with van der Waals surface area (Å²) < 4.78 is 22.5. The van der Waals surface area contributed by atoms with Crippen LogP contribution in [0.25, 0.3) is 0 Å². The van der Waals surface area contributed by atoms with Gasteiger partial charge >= 0.3 is 11.9 Å². The van der Waals surface area contributed by atoms with E-state index in [1.807, 2.05) is 26.3 Å². The van der Waals surface area contributed by atoms with Gasteiger partial charge in [0, 0.05) is 10.1 Å². The fourth-order valence-electron chi connectivity index (χ4n) is 0.983. The molecule has 7 heteroatoms. The minimum atomic E-state index is -1.94. The lowest BCUT2D eigenvalue weighted by Crippen LogP contribution is -2.38. The Morgan fingerprint density at radius 1 is 1.25 bits per heavy atom. The summed E-state index contributed by atoms with van der Waals surface area (Å²) >= 11 is 0. The lowest BCUT2D eigenvalue weighted by atomic mass is 9.91. The highest BCUT2D eigenvalue weighted by atomic mass is 19.3. The predicted molar refractivity (Wildman–Crippen MR) is 52.7 cm³/mol. The number of halogens is 2. The molecule has 0 aliphatic carbocycles. The minimum Gasteiger partial charge on any atom is -0.473 e. The van der Waals surface area contributed by atoms with Crippen molar-refractivity contribution in [2.45, 2.75) is 45.6 Å². The number of rotatable bonds is 4. The maximum atomic E-state index is 12.1. The Hall–Kier alpha value is -1.24. The molecule has 0 spiro atoms. The number of carbonyl (C=O) groups is 2. The molecule has 0 fully saturated rings. The van der Waals surface area contributed by atoms with Crippen molar-refractivity contribution in [1.29, 1.82) is 0 Å². The number of aliphatic carboxylic acids is 1. The summed E-state index contributed by atoms with van der Waals surface area (Å²) in [6.07, 6.45) is 2.57. The van der Waals surface area contributed by atoms with E-state index in [1.165, 1.54) is 0 Å². The predicted octanol–water partition coefficient (Wildman–Crippen LogP) is 1.93. The van der Waals surface area contributed by atoms with Crippen molar-refractivity contribution in [1.82, 2.24) is 5.54 Å². The molecule has 0 rings (SSSR count). The molecule has 0 saturated carbocycles. The molecule has 0 aromatic heterocycles. The van der Waals surface area contributed by atoms with Crippen LogP contribution < -0.4 is 5.54 Å². The Labute approximate surface area is 92.6 Å². The summed E-state index contributed by atoms with van der Waals surface area (Å²) in [6.45, 7) is 6.00. The molecule has 2 N–H and O–H groups in total. The Morgan fingerprint density at radius 2 is 1.62 bits per heavy atom. The van der Waals surface area contributed by atoms with Gasteiger partial charge in [-0.25, -0.2) is 14.5 Å². The number of carboxylic acids is 1. The van der Waals surface area contributed by atoms with Crippen molar-refractivity contribution >= 4 is 11.9 Å². The summed E-state index contributed by atoms with van der Waals surface area (Å²) in [5, 5.41) is 7.47. The monoisotopic (exact) mass is 241 g/mol. The summed E-state index contributed by atoms with van der Waals surface area (Å²) in [6, 6.07) is 0. The van der Waals surface area contributed by atoms with Gasteiger partial charge in [0.2, 0.25) is 0 Å². The number of hydrogen-bond acceptors (Lipinski definition) is 4. The van der Waals surface area contributed by atoms with Gasteiger partial charge in [0.05, 0.1) is 0 Å². The van der Waals surface area contributed by atoms with Crippen molar-refractivity contribution in [2.75, 3.05) is 0 Å². The third-order valence-corrected chi connectivity index (χ3v) is 2.48. The van der Waals surface area contributed by atoms with Gasteiger partial charge in [0.25, 0.3) is 0 Å². The number of carbonyl (C=O) groups excluding carboxylic acids is 1. The zero-order chi connectivity index (χ0) is 13.2. The van der Waals surface area contributed by atoms with Crippen molar-refractivity contribution in [2.24, 2.45) is 0 Å². The van der Waals surface area contributed by atoms with E-state index in [4.69, 9.17) is 5.11 Å². The van der Waals surface area contributed by atoms with E-state index < -0.39 is 11.9 Å². The highest BCUT2D eigenvalue weighted by Gasteiger charge is 2.22. The molecular formula is C9H17F2NO4. The van der Waals surface area contributed by atoms with Crippen LogP contribution in [0.5, 0.6) is 0 Å². The second kappa shape index (κ2) is 9.02. The summed E-state index contributed by atoms with van der Waals surface area (Å²) in [5.74, 6) is -3.84. The van der Waals surface area contributed by atoms with Gasteiger partial charge in [0.1, 0.15) is 0 Å². The first kappa shape index (κ1) is 17.2. The molecule has 0 saturated heterocycles. The van der Waals surface area contributed by atoms with Crippen LogP contribution in [0.2, 0.25) is 0 Å². The Balaban J connectivity index is 0. The van der Waals surface area contributed by atoms with E-state index in [2.05, 4.69) is 4.94 Å². The van der Waals surface area contributed by atoms with Gasteiger partial charge in [-0.15, -0.1) is 4.48 Å². The van der Waals surface area contributed by atoms with Gasteiger partial charge < -0.3 is 5.11 Å². The van der Waals surface area contributed by atoms with Crippen molar-refractivity contribution in [3.63, 3.8) is 0 Å². The molecule has 0 aliphatic rings. The average molecular weight is 241 g/mol. The van der Waals surface area contributed by atoms with Gasteiger partial charge in [-0.1, -0.05) is 20.8 Å². The van der Waals surface area contributed by atoms with Crippen LogP contribution in [0.3, 0.4) is 0 Å². The molecule has 96 valence electrons. The standard InChI is InChI=1S/C7H16FN.C2HFO4/c1-4-7(5-2,6-3)9-8;3-7-2(6)1(4)5/h9H,4-6H2,1-3H3;(H,4,5). The third kappa shape index (κ3) is 6.28. The number of nitrogens with one attached hydrogen (secondary N) is 1. The minimum absolute atomic E-state index is 0.250. The van der Waals surface area contributed by atoms with Crippen molar-refractivity contribution in [3.8, 4) is 0 Å². The molecule has 0 aliphatic heterocycles. The summed E-state index contributed by atoms with van der Waals surface area (Å²) in [5.41, 5.74) is 1.61.